The van der Waals surface area contributed by atoms with E-state index in [0.717, 1.165) is 37.5 Å². The van der Waals surface area contributed by atoms with Gasteiger partial charge in [-0.15, -0.1) is 11.3 Å². The predicted molar refractivity (Wildman–Crippen MR) is 69.2 cm³/mol. The van der Waals surface area contributed by atoms with Crippen LogP contribution in [-0.2, 0) is 16.1 Å². The summed E-state index contributed by atoms with van der Waals surface area (Å²) in [5, 5.41) is 0. The molecule has 0 bridgehead atoms. The van der Waals surface area contributed by atoms with Crippen LogP contribution in [0.2, 0.25) is 0 Å². The van der Waals surface area contributed by atoms with Gasteiger partial charge in [0.25, 0.3) is 5.91 Å². The topological polar surface area (TPSA) is 73.6 Å². The minimum Gasteiger partial charge on any atom is -0.381 e. The lowest BCUT2D eigenvalue weighted by Crippen LogP contribution is -2.29. The first-order valence-electron chi connectivity index (χ1n) is 6.04. The van der Waals surface area contributed by atoms with E-state index in [4.69, 9.17) is 15.3 Å². The highest BCUT2D eigenvalue weighted by atomic mass is 32.1. The third-order valence-corrected chi connectivity index (χ3v) is 4.01. The van der Waals surface area contributed by atoms with Crippen molar-refractivity contribution in [1.29, 1.82) is 0 Å². The highest BCUT2D eigenvalue weighted by molar-refractivity contribution is 7.14. The molecule has 3 N–H and O–H groups in total. The number of ether oxygens (including phenoxy) is 2. The summed E-state index contributed by atoms with van der Waals surface area (Å²) in [6.07, 6.45) is 2.15. The zero-order valence-electron chi connectivity index (χ0n) is 10.2. The predicted octanol–water partition coefficient (Wildman–Crippen LogP) is 1.29. The Bertz CT molecular complexity index is 388. The Morgan fingerprint density at radius 3 is 3.00 bits per heavy atom. The number of nitrogens with one attached hydrogen (secondary N) is 1. The van der Waals surface area contributed by atoms with Crippen LogP contribution in [0.1, 0.15) is 27.4 Å². The largest absolute Gasteiger partial charge is 0.381 e. The average molecular weight is 270 g/mol. The number of amides is 1. The molecule has 6 heteroatoms. The van der Waals surface area contributed by atoms with E-state index in [2.05, 4.69) is 5.43 Å². The normalized spacial score (nSPS) is 16.7. The van der Waals surface area contributed by atoms with Crippen molar-refractivity contribution in [3.8, 4) is 0 Å². The number of hydrogen-bond donors (Lipinski definition) is 2. The number of thiophene rings is 1. The van der Waals surface area contributed by atoms with Gasteiger partial charge in [-0.05, 0) is 30.9 Å². The zero-order chi connectivity index (χ0) is 12.8. The fraction of sp³-hybridized carbons (Fsp3) is 0.583. The van der Waals surface area contributed by atoms with E-state index in [1.165, 1.54) is 11.3 Å². The standard InChI is InChI=1S/C12H18N2O3S/c13-14-12(15)11-2-1-10(18-11)8-17-7-9-3-5-16-6-4-9/h1-2,9H,3-8,13H2,(H,14,15). The molecule has 1 amide bonds. The third-order valence-electron chi connectivity index (χ3n) is 2.96. The zero-order valence-corrected chi connectivity index (χ0v) is 11.0. The molecule has 5 nitrogen and oxygen atoms in total. The summed E-state index contributed by atoms with van der Waals surface area (Å²) >= 11 is 1.41. The number of nitrogens with two attached hydrogens (primary N) is 1. The second kappa shape index (κ2) is 6.84. The lowest BCUT2D eigenvalue weighted by atomic mass is 10.0. The molecule has 100 valence electrons. The maximum absolute atomic E-state index is 11.3. The second-order valence-corrected chi connectivity index (χ2v) is 5.48. The highest BCUT2D eigenvalue weighted by Gasteiger charge is 2.14. The molecule has 0 radical (unpaired) electrons. The van der Waals surface area contributed by atoms with Crippen LogP contribution >= 0.6 is 11.3 Å². The Kier molecular flexibility index (Phi) is 5.12. The Labute approximate surface area is 110 Å². The molecule has 1 aliphatic rings. The van der Waals surface area contributed by atoms with E-state index in [-0.39, 0.29) is 5.91 Å². The maximum Gasteiger partial charge on any atom is 0.275 e. The first-order valence-corrected chi connectivity index (χ1v) is 6.86. The van der Waals surface area contributed by atoms with Gasteiger partial charge in [0.05, 0.1) is 18.1 Å². The van der Waals surface area contributed by atoms with Crippen molar-refractivity contribution in [2.24, 2.45) is 11.8 Å². The third kappa shape index (κ3) is 3.78. The van der Waals surface area contributed by atoms with E-state index in [0.29, 0.717) is 17.4 Å². The Hall–Kier alpha value is -0.950. The lowest BCUT2D eigenvalue weighted by molar-refractivity contribution is 0.0163. The van der Waals surface area contributed by atoms with Crippen LogP contribution in [0.3, 0.4) is 0 Å². The van der Waals surface area contributed by atoms with Gasteiger partial charge in [0.2, 0.25) is 0 Å². The van der Waals surface area contributed by atoms with Crippen molar-refractivity contribution in [3.05, 3.63) is 21.9 Å². The molecule has 0 atom stereocenters. The molecule has 18 heavy (non-hydrogen) atoms. The second-order valence-electron chi connectivity index (χ2n) is 4.31. The van der Waals surface area contributed by atoms with E-state index >= 15 is 0 Å². The molecule has 0 spiro atoms. The fourth-order valence-electron chi connectivity index (χ4n) is 1.89. The first-order chi connectivity index (χ1) is 8.79. The van der Waals surface area contributed by atoms with Gasteiger partial charge >= 0.3 is 0 Å². The van der Waals surface area contributed by atoms with Gasteiger partial charge in [-0.2, -0.15) is 0 Å². The molecule has 1 aromatic heterocycles. The summed E-state index contributed by atoms with van der Waals surface area (Å²) in [5.41, 5.74) is 2.12. The molecule has 0 saturated carbocycles. The van der Waals surface area contributed by atoms with Crippen LogP contribution in [-0.4, -0.2) is 25.7 Å². The molecule has 2 rings (SSSR count). The molecular formula is C12H18N2O3S. The lowest BCUT2D eigenvalue weighted by Gasteiger charge is -2.21. The monoisotopic (exact) mass is 270 g/mol. The Balaban J connectivity index is 1.72. The van der Waals surface area contributed by atoms with Crippen molar-refractivity contribution < 1.29 is 14.3 Å². The van der Waals surface area contributed by atoms with Gasteiger partial charge in [0, 0.05) is 18.1 Å². The van der Waals surface area contributed by atoms with Gasteiger partial charge in [0.15, 0.2) is 0 Å². The number of carbonyl (C=O) groups is 1. The van der Waals surface area contributed by atoms with E-state index < -0.39 is 0 Å². The molecule has 2 heterocycles. The number of hydrogen-bond acceptors (Lipinski definition) is 5. The number of nitrogen functional groups attached to an aromatic ring is 1. The maximum atomic E-state index is 11.3. The van der Waals surface area contributed by atoms with Crippen molar-refractivity contribution >= 4 is 17.2 Å². The molecule has 0 unspecified atom stereocenters. The van der Waals surface area contributed by atoms with E-state index in [9.17, 15) is 4.79 Å². The summed E-state index contributed by atoms with van der Waals surface area (Å²) < 4.78 is 11.0. The SMILES string of the molecule is NNC(=O)c1ccc(COCC2CCOCC2)s1. The Morgan fingerprint density at radius 1 is 1.50 bits per heavy atom. The van der Waals surface area contributed by atoms with Gasteiger partial charge in [-0.3, -0.25) is 10.2 Å². The molecule has 1 fully saturated rings. The summed E-state index contributed by atoms with van der Waals surface area (Å²) in [6.45, 7) is 3.00. The van der Waals surface area contributed by atoms with Crippen LogP contribution in [0.5, 0.6) is 0 Å². The minimum atomic E-state index is -0.254. The van der Waals surface area contributed by atoms with Gasteiger partial charge in [0.1, 0.15) is 0 Å². The van der Waals surface area contributed by atoms with E-state index in [1.54, 1.807) is 6.07 Å². The summed E-state index contributed by atoms with van der Waals surface area (Å²) in [6, 6.07) is 3.67. The molecule has 0 aromatic carbocycles. The Morgan fingerprint density at radius 2 is 2.28 bits per heavy atom. The van der Waals surface area contributed by atoms with Crippen LogP contribution in [0.4, 0.5) is 0 Å². The number of carbonyl (C=O) groups excluding carboxylic acids is 1. The molecule has 1 saturated heterocycles. The van der Waals surface area contributed by atoms with Crippen LogP contribution in [0, 0.1) is 5.92 Å². The smallest absolute Gasteiger partial charge is 0.275 e. The molecule has 0 aliphatic carbocycles. The minimum absolute atomic E-state index is 0.254. The van der Waals surface area contributed by atoms with Gasteiger partial charge in [-0.25, -0.2) is 5.84 Å². The summed E-state index contributed by atoms with van der Waals surface area (Å²) in [4.78, 5) is 12.9. The van der Waals surface area contributed by atoms with Crippen LogP contribution in [0.25, 0.3) is 0 Å². The fourth-order valence-corrected chi connectivity index (χ4v) is 2.74. The quantitative estimate of drug-likeness (QED) is 0.480. The summed E-state index contributed by atoms with van der Waals surface area (Å²) in [7, 11) is 0. The molecular weight excluding hydrogens is 252 g/mol. The van der Waals surface area contributed by atoms with Crippen LogP contribution < -0.4 is 11.3 Å². The van der Waals surface area contributed by atoms with Crippen molar-refractivity contribution in [1.82, 2.24) is 5.43 Å². The van der Waals surface area contributed by atoms with Crippen molar-refractivity contribution in [3.63, 3.8) is 0 Å². The van der Waals surface area contributed by atoms with Crippen LogP contribution in [0.15, 0.2) is 12.1 Å². The van der Waals surface area contributed by atoms with E-state index in [1.807, 2.05) is 6.07 Å². The number of hydrazine groups is 1. The average Bonchev–Trinajstić information content (AvgIpc) is 2.88. The molecule has 1 aliphatic heterocycles. The molecule has 1 aromatic rings. The highest BCUT2D eigenvalue weighted by Crippen LogP contribution is 2.19. The van der Waals surface area contributed by atoms with Gasteiger partial charge < -0.3 is 9.47 Å². The van der Waals surface area contributed by atoms with Gasteiger partial charge in [-0.1, -0.05) is 0 Å². The summed E-state index contributed by atoms with van der Waals surface area (Å²) in [5.74, 6) is 5.42. The number of rotatable bonds is 5. The first kappa shape index (κ1) is 13.5. The van der Waals surface area contributed by atoms with Crippen molar-refractivity contribution in [2.45, 2.75) is 19.4 Å². The van der Waals surface area contributed by atoms with Crippen molar-refractivity contribution in [2.75, 3.05) is 19.8 Å².